The molecule has 2 aromatic carbocycles. The fourth-order valence-electron chi connectivity index (χ4n) is 4.42. The predicted molar refractivity (Wildman–Crippen MR) is 126 cm³/mol. The van der Waals surface area contributed by atoms with Crippen LogP contribution in [0.3, 0.4) is 0 Å². The largest absolute Gasteiger partial charge is 0.467 e. The molecule has 1 aliphatic heterocycles. The summed E-state index contributed by atoms with van der Waals surface area (Å²) in [5.74, 6) is -0.713. The quantitative estimate of drug-likeness (QED) is 0.579. The number of methoxy groups -OCH3 is 1. The maximum atomic E-state index is 13.0. The van der Waals surface area contributed by atoms with E-state index in [-0.39, 0.29) is 11.9 Å². The predicted octanol–water partition coefficient (Wildman–Crippen LogP) is 4.62. The molecule has 0 radical (unpaired) electrons. The molecule has 32 heavy (non-hydrogen) atoms. The van der Waals surface area contributed by atoms with E-state index in [0.29, 0.717) is 13.1 Å². The van der Waals surface area contributed by atoms with Gasteiger partial charge in [-0.25, -0.2) is 9.59 Å². The van der Waals surface area contributed by atoms with Gasteiger partial charge < -0.3 is 19.9 Å². The van der Waals surface area contributed by atoms with E-state index < -0.39 is 12.0 Å². The Morgan fingerprint density at radius 1 is 1.12 bits per heavy atom. The Labute approximate surface area is 188 Å². The summed E-state index contributed by atoms with van der Waals surface area (Å²) in [6, 6.07) is 15.2. The summed E-state index contributed by atoms with van der Waals surface area (Å²) in [5.41, 5.74) is 5.68. The highest BCUT2D eigenvalue weighted by Gasteiger charge is 2.32. The summed E-state index contributed by atoms with van der Waals surface area (Å²) in [4.78, 5) is 30.6. The number of benzene rings is 2. The van der Waals surface area contributed by atoms with Crippen LogP contribution in [0.2, 0.25) is 0 Å². The molecule has 0 saturated heterocycles. The second-order valence-electron chi connectivity index (χ2n) is 8.27. The minimum Gasteiger partial charge on any atom is -0.467 e. The maximum Gasteiger partial charge on any atom is 0.329 e. The minimum atomic E-state index is -0.784. The summed E-state index contributed by atoms with van der Waals surface area (Å²) in [7, 11) is 1.35. The molecule has 1 aromatic heterocycles. The molecule has 3 aromatic rings. The molecular weight excluding hydrogens is 402 g/mol. The molecule has 0 saturated carbocycles. The lowest BCUT2D eigenvalue weighted by atomic mass is 9.92. The SMILES string of the molecule is COC(=O)[C@H](NC(=O)N1CC=C(c2ccccc2C)CC1)[C@@H](C)c1c[nH]c2ccccc12. The molecule has 2 heterocycles. The number of hydrogen-bond acceptors (Lipinski definition) is 3. The van der Waals surface area contributed by atoms with Gasteiger partial charge in [-0.3, -0.25) is 0 Å². The van der Waals surface area contributed by atoms with Crippen molar-refractivity contribution in [1.82, 2.24) is 15.2 Å². The second kappa shape index (κ2) is 9.30. The van der Waals surface area contributed by atoms with Crippen LogP contribution in [0.1, 0.15) is 36.0 Å². The van der Waals surface area contributed by atoms with Gasteiger partial charge in [0.15, 0.2) is 0 Å². The monoisotopic (exact) mass is 431 g/mol. The van der Waals surface area contributed by atoms with Gasteiger partial charge in [-0.15, -0.1) is 0 Å². The van der Waals surface area contributed by atoms with E-state index in [9.17, 15) is 9.59 Å². The Hall–Kier alpha value is -3.54. The van der Waals surface area contributed by atoms with Crippen LogP contribution in [0, 0.1) is 6.92 Å². The van der Waals surface area contributed by atoms with Crippen molar-refractivity contribution in [3.05, 3.63) is 77.5 Å². The first-order valence-corrected chi connectivity index (χ1v) is 10.9. The van der Waals surface area contributed by atoms with Crippen LogP contribution in [0.25, 0.3) is 16.5 Å². The highest BCUT2D eigenvalue weighted by Crippen LogP contribution is 2.29. The van der Waals surface area contributed by atoms with Crippen molar-refractivity contribution in [3.8, 4) is 0 Å². The average Bonchev–Trinajstić information content (AvgIpc) is 3.26. The number of rotatable bonds is 5. The van der Waals surface area contributed by atoms with Crippen LogP contribution in [0.5, 0.6) is 0 Å². The third-order valence-electron chi connectivity index (χ3n) is 6.33. The zero-order valence-electron chi connectivity index (χ0n) is 18.7. The number of esters is 1. The smallest absolute Gasteiger partial charge is 0.329 e. The first-order chi connectivity index (χ1) is 15.5. The first kappa shape index (κ1) is 21.7. The number of nitrogens with zero attached hydrogens (tertiary/aromatic N) is 1. The van der Waals surface area contributed by atoms with E-state index in [1.54, 1.807) is 4.90 Å². The number of para-hydroxylation sites is 1. The Balaban J connectivity index is 1.49. The average molecular weight is 432 g/mol. The molecule has 0 bridgehead atoms. The molecule has 166 valence electrons. The summed E-state index contributed by atoms with van der Waals surface area (Å²) in [5, 5.41) is 3.96. The first-order valence-electron chi connectivity index (χ1n) is 10.9. The fraction of sp³-hybridized carbons (Fsp3) is 0.308. The van der Waals surface area contributed by atoms with Crippen LogP contribution in [-0.2, 0) is 9.53 Å². The van der Waals surface area contributed by atoms with Crippen LogP contribution in [0.4, 0.5) is 4.79 Å². The van der Waals surface area contributed by atoms with Crippen LogP contribution in [0.15, 0.2) is 60.8 Å². The standard InChI is InChI=1S/C26H29N3O3/c1-17-8-4-5-9-20(17)19-12-14-29(15-13-19)26(31)28-24(25(30)32-3)18(2)22-16-27-23-11-7-6-10-21(22)23/h4-12,16,18,24,27H,13-15H2,1-3H3,(H,28,31)/t18-,24+/m0/s1. The third-order valence-corrected chi connectivity index (χ3v) is 6.33. The zero-order valence-corrected chi connectivity index (χ0v) is 18.7. The Morgan fingerprint density at radius 2 is 1.88 bits per heavy atom. The molecule has 2 amide bonds. The van der Waals surface area contributed by atoms with Crippen LogP contribution in [-0.4, -0.2) is 48.1 Å². The lowest BCUT2D eigenvalue weighted by Crippen LogP contribution is -2.51. The number of carbonyl (C=O) groups excluding carboxylic acids is 2. The maximum absolute atomic E-state index is 13.0. The van der Waals surface area contributed by atoms with Gasteiger partial charge in [-0.1, -0.05) is 55.5 Å². The molecule has 0 aliphatic carbocycles. The number of aromatic nitrogens is 1. The molecule has 2 N–H and O–H groups in total. The Bertz CT molecular complexity index is 1160. The zero-order chi connectivity index (χ0) is 22.7. The molecule has 6 nitrogen and oxygen atoms in total. The van der Waals surface area contributed by atoms with Gasteiger partial charge in [0.25, 0.3) is 0 Å². The number of hydrogen-bond donors (Lipinski definition) is 2. The molecule has 6 heteroatoms. The van der Waals surface area contributed by atoms with E-state index in [1.165, 1.54) is 23.8 Å². The van der Waals surface area contributed by atoms with Gasteiger partial charge in [-0.2, -0.15) is 0 Å². The van der Waals surface area contributed by atoms with Crippen molar-refractivity contribution in [2.75, 3.05) is 20.2 Å². The van der Waals surface area contributed by atoms with Crippen LogP contribution < -0.4 is 5.32 Å². The van der Waals surface area contributed by atoms with E-state index >= 15 is 0 Å². The molecule has 0 fully saturated rings. The van der Waals surface area contributed by atoms with Crippen molar-refractivity contribution >= 4 is 28.5 Å². The fourth-order valence-corrected chi connectivity index (χ4v) is 4.42. The summed E-state index contributed by atoms with van der Waals surface area (Å²) in [6.45, 7) is 5.14. The van der Waals surface area contributed by atoms with Crippen molar-refractivity contribution in [2.24, 2.45) is 0 Å². The van der Waals surface area contributed by atoms with Gasteiger partial charge in [0, 0.05) is 36.1 Å². The lowest BCUT2D eigenvalue weighted by Gasteiger charge is -2.30. The highest BCUT2D eigenvalue weighted by atomic mass is 16.5. The number of nitrogens with one attached hydrogen (secondary N) is 2. The number of amides is 2. The Morgan fingerprint density at radius 3 is 2.59 bits per heavy atom. The van der Waals surface area contributed by atoms with E-state index in [2.05, 4.69) is 35.4 Å². The van der Waals surface area contributed by atoms with Crippen LogP contribution >= 0.6 is 0 Å². The summed E-state index contributed by atoms with van der Waals surface area (Å²) in [6.07, 6.45) is 4.77. The third kappa shape index (κ3) is 4.26. The van der Waals surface area contributed by atoms with Gasteiger partial charge >= 0.3 is 12.0 Å². The van der Waals surface area contributed by atoms with Crippen molar-refractivity contribution in [2.45, 2.75) is 32.2 Å². The number of aromatic amines is 1. The highest BCUT2D eigenvalue weighted by molar-refractivity contribution is 5.88. The number of carbonyl (C=O) groups is 2. The summed E-state index contributed by atoms with van der Waals surface area (Å²) < 4.78 is 5.03. The van der Waals surface area contributed by atoms with Gasteiger partial charge in [0.1, 0.15) is 6.04 Å². The minimum absolute atomic E-state index is 0.257. The van der Waals surface area contributed by atoms with Crippen molar-refractivity contribution < 1.29 is 14.3 Å². The molecule has 0 spiro atoms. The second-order valence-corrected chi connectivity index (χ2v) is 8.27. The Kier molecular flexibility index (Phi) is 6.30. The van der Waals surface area contributed by atoms with Gasteiger partial charge in [-0.05, 0) is 41.7 Å². The number of ether oxygens (including phenoxy) is 1. The summed E-state index contributed by atoms with van der Waals surface area (Å²) >= 11 is 0. The lowest BCUT2D eigenvalue weighted by molar-refractivity contribution is -0.143. The number of urea groups is 1. The molecule has 4 rings (SSSR count). The van der Waals surface area contributed by atoms with Crippen molar-refractivity contribution in [3.63, 3.8) is 0 Å². The normalized spacial score (nSPS) is 15.7. The van der Waals surface area contributed by atoms with E-state index in [0.717, 1.165) is 22.9 Å². The number of fused-ring (bicyclic) bond motifs is 1. The van der Waals surface area contributed by atoms with E-state index in [4.69, 9.17) is 4.74 Å². The topological polar surface area (TPSA) is 74.4 Å². The van der Waals surface area contributed by atoms with Gasteiger partial charge in [0.05, 0.1) is 7.11 Å². The number of H-pyrrole nitrogens is 1. The molecule has 1 aliphatic rings. The number of aryl methyl sites for hydroxylation is 1. The molecule has 2 atom stereocenters. The molecule has 0 unspecified atom stereocenters. The van der Waals surface area contributed by atoms with Gasteiger partial charge in [0.2, 0.25) is 0 Å². The van der Waals surface area contributed by atoms with E-state index in [1.807, 2.05) is 49.5 Å². The van der Waals surface area contributed by atoms with Crippen molar-refractivity contribution in [1.29, 1.82) is 0 Å². The molecular formula is C26H29N3O3.